The Morgan fingerprint density at radius 2 is 1.76 bits per heavy atom. The minimum atomic E-state index is -0.490. The molecular formula is C29H24FN3O3S. The molecule has 3 aromatic carbocycles. The average Bonchev–Trinajstić information content (AvgIpc) is 3.37. The lowest BCUT2D eigenvalue weighted by molar-refractivity contribution is -0.127. The normalized spacial score (nSPS) is 14.7. The van der Waals surface area contributed by atoms with E-state index in [0.29, 0.717) is 12.2 Å². The van der Waals surface area contributed by atoms with Crippen LogP contribution in [0.2, 0.25) is 0 Å². The third kappa shape index (κ3) is 5.20. The highest BCUT2D eigenvalue weighted by Gasteiger charge is 2.36. The number of nitrogens with zero attached hydrogens (tertiary/aromatic N) is 2. The molecule has 4 aromatic rings. The van der Waals surface area contributed by atoms with Crippen LogP contribution in [0.25, 0.3) is 17.0 Å². The number of fused-ring (bicyclic) bond motifs is 1. The molecule has 186 valence electrons. The van der Waals surface area contributed by atoms with E-state index in [1.54, 1.807) is 12.1 Å². The predicted molar refractivity (Wildman–Crippen MR) is 145 cm³/mol. The molecule has 5 rings (SSSR count). The maximum Gasteiger partial charge on any atom is 0.294 e. The van der Waals surface area contributed by atoms with Gasteiger partial charge in [0.1, 0.15) is 12.4 Å². The van der Waals surface area contributed by atoms with Gasteiger partial charge >= 0.3 is 0 Å². The first kappa shape index (κ1) is 24.5. The van der Waals surface area contributed by atoms with Gasteiger partial charge in [-0.25, -0.2) is 4.39 Å². The molecule has 0 spiro atoms. The number of rotatable bonds is 6. The van der Waals surface area contributed by atoms with Crippen molar-refractivity contribution in [3.8, 4) is 0 Å². The summed E-state index contributed by atoms with van der Waals surface area (Å²) < 4.78 is 15.6. The highest BCUT2D eigenvalue weighted by Crippen LogP contribution is 2.33. The van der Waals surface area contributed by atoms with E-state index >= 15 is 0 Å². The van der Waals surface area contributed by atoms with Crippen molar-refractivity contribution >= 4 is 51.5 Å². The minimum absolute atomic E-state index is 0.267. The van der Waals surface area contributed by atoms with Gasteiger partial charge in [0, 0.05) is 29.3 Å². The number of carbonyl (C=O) groups excluding carboxylic acids is 3. The van der Waals surface area contributed by atoms with Crippen LogP contribution in [-0.2, 0) is 16.1 Å². The molecule has 1 fully saturated rings. The lowest BCUT2D eigenvalue weighted by Gasteiger charge is -2.15. The van der Waals surface area contributed by atoms with E-state index < -0.39 is 17.1 Å². The van der Waals surface area contributed by atoms with Crippen molar-refractivity contribution in [2.75, 3.05) is 11.9 Å². The zero-order chi connectivity index (χ0) is 26.1. The molecule has 0 unspecified atom stereocenters. The van der Waals surface area contributed by atoms with Crippen LogP contribution in [0.3, 0.4) is 0 Å². The van der Waals surface area contributed by atoms with E-state index in [0.717, 1.165) is 49.8 Å². The number of aryl methyl sites for hydroxylation is 2. The van der Waals surface area contributed by atoms with Gasteiger partial charge in [-0.15, -0.1) is 0 Å². The van der Waals surface area contributed by atoms with Gasteiger partial charge < -0.3 is 9.88 Å². The van der Waals surface area contributed by atoms with Gasteiger partial charge in [-0.2, -0.15) is 0 Å². The molecule has 1 aliphatic heterocycles. The minimum Gasteiger partial charge on any atom is -0.343 e. The van der Waals surface area contributed by atoms with Gasteiger partial charge in [-0.1, -0.05) is 36.4 Å². The molecule has 37 heavy (non-hydrogen) atoms. The Labute approximate surface area is 217 Å². The van der Waals surface area contributed by atoms with Gasteiger partial charge in [0.15, 0.2) is 0 Å². The van der Waals surface area contributed by atoms with Gasteiger partial charge in [-0.05, 0) is 84.3 Å². The fourth-order valence-corrected chi connectivity index (χ4v) is 5.24. The van der Waals surface area contributed by atoms with E-state index in [4.69, 9.17) is 0 Å². The van der Waals surface area contributed by atoms with Crippen LogP contribution in [0.1, 0.15) is 22.3 Å². The molecule has 0 bridgehead atoms. The van der Waals surface area contributed by atoms with E-state index in [1.165, 1.54) is 12.1 Å². The van der Waals surface area contributed by atoms with Crippen LogP contribution < -0.4 is 5.32 Å². The number of halogens is 1. The Kier molecular flexibility index (Phi) is 6.67. The smallest absolute Gasteiger partial charge is 0.294 e. The van der Waals surface area contributed by atoms with Crippen LogP contribution in [0.4, 0.5) is 14.9 Å². The number of benzene rings is 3. The van der Waals surface area contributed by atoms with Crippen molar-refractivity contribution in [1.29, 1.82) is 0 Å². The van der Waals surface area contributed by atoms with Crippen LogP contribution in [0.5, 0.6) is 0 Å². The van der Waals surface area contributed by atoms with Gasteiger partial charge in [-0.3, -0.25) is 19.3 Å². The number of hydrogen-bond acceptors (Lipinski definition) is 4. The van der Waals surface area contributed by atoms with Crippen molar-refractivity contribution in [3.05, 3.63) is 106 Å². The van der Waals surface area contributed by atoms with Gasteiger partial charge in [0.25, 0.3) is 11.1 Å². The van der Waals surface area contributed by atoms with E-state index in [-0.39, 0.29) is 17.3 Å². The summed E-state index contributed by atoms with van der Waals surface area (Å²) in [7, 11) is 0. The summed E-state index contributed by atoms with van der Waals surface area (Å²) >= 11 is 0.823. The SMILES string of the molecule is Cc1cccc(C)c1NC(=O)CN1C(=O)S/C(=C/c2ccc3c(ccn3Cc3cccc(F)c3)c2)C1=O. The monoisotopic (exact) mass is 513 g/mol. The van der Waals surface area contributed by atoms with Crippen molar-refractivity contribution in [2.45, 2.75) is 20.4 Å². The number of aromatic nitrogens is 1. The molecule has 0 saturated carbocycles. The highest BCUT2D eigenvalue weighted by molar-refractivity contribution is 8.18. The second-order valence-electron chi connectivity index (χ2n) is 8.97. The molecule has 1 aromatic heterocycles. The zero-order valence-corrected chi connectivity index (χ0v) is 21.1. The lowest BCUT2D eigenvalue weighted by Crippen LogP contribution is -2.36. The van der Waals surface area contributed by atoms with Crippen LogP contribution in [0.15, 0.2) is 77.8 Å². The van der Waals surface area contributed by atoms with Gasteiger partial charge in [0.2, 0.25) is 5.91 Å². The summed E-state index contributed by atoms with van der Waals surface area (Å²) in [6, 6.07) is 19.9. The van der Waals surface area contributed by atoms with Crippen LogP contribution in [0, 0.1) is 19.7 Å². The molecule has 8 heteroatoms. The molecule has 1 N–H and O–H groups in total. The average molecular weight is 514 g/mol. The maximum atomic E-state index is 13.5. The highest BCUT2D eigenvalue weighted by atomic mass is 32.2. The Bertz CT molecular complexity index is 1570. The topological polar surface area (TPSA) is 71.4 Å². The second-order valence-corrected chi connectivity index (χ2v) is 9.97. The first-order chi connectivity index (χ1) is 17.8. The zero-order valence-electron chi connectivity index (χ0n) is 20.3. The van der Waals surface area contributed by atoms with Crippen LogP contribution in [-0.4, -0.2) is 33.1 Å². The number of imide groups is 1. The molecule has 1 aliphatic rings. The summed E-state index contributed by atoms with van der Waals surface area (Å²) in [6.45, 7) is 3.96. The number of thioether (sulfide) groups is 1. The lowest BCUT2D eigenvalue weighted by atomic mass is 10.1. The van der Waals surface area contributed by atoms with Crippen molar-refractivity contribution < 1.29 is 18.8 Å². The summed E-state index contributed by atoms with van der Waals surface area (Å²) in [6.07, 6.45) is 3.60. The molecule has 1 saturated heterocycles. The van der Waals surface area contributed by atoms with Crippen LogP contribution >= 0.6 is 11.8 Å². The molecule has 0 aliphatic carbocycles. The predicted octanol–water partition coefficient (Wildman–Crippen LogP) is 6.12. The quantitative estimate of drug-likeness (QED) is 0.315. The second kappa shape index (κ2) is 10.1. The molecule has 3 amide bonds. The fraction of sp³-hybridized carbons (Fsp3) is 0.138. The molecule has 0 atom stereocenters. The van der Waals surface area contributed by atoms with Crippen molar-refractivity contribution in [3.63, 3.8) is 0 Å². The van der Waals surface area contributed by atoms with Crippen molar-refractivity contribution in [2.24, 2.45) is 0 Å². The Morgan fingerprint density at radius 1 is 1.00 bits per heavy atom. The molecule has 0 radical (unpaired) electrons. The standard InChI is InChI=1S/C29H24FN3O3S/c1-18-5-3-6-19(2)27(18)31-26(34)17-33-28(35)25(37-29(33)36)15-20-9-10-24-22(13-20)11-12-32(24)16-21-7-4-8-23(30)14-21/h3-15H,16-17H2,1-2H3,(H,31,34)/b25-15+. The van der Waals surface area contributed by atoms with Crippen molar-refractivity contribution in [1.82, 2.24) is 9.47 Å². The summed E-state index contributed by atoms with van der Waals surface area (Å²) in [5.74, 6) is -1.19. The summed E-state index contributed by atoms with van der Waals surface area (Å²) in [4.78, 5) is 39.3. The summed E-state index contributed by atoms with van der Waals surface area (Å²) in [5.41, 5.74) is 5.09. The Hall–Kier alpha value is -4.17. The first-order valence-electron chi connectivity index (χ1n) is 11.7. The third-order valence-corrected chi connectivity index (χ3v) is 7.16. The van der Waals surface area contributed by atoms with E-state index in [9.17, 15) is 18.8 Å². The first-order valence-corrected chi connectivity index (χ1v) is 12.5. The maximum absolute atomic E-state index is 13.5. The Balaban J connectivity index is 1.30. The summed E-state index contributed by atoms with van der Waals surface area (Å²) in [5, 5.41) is 3.30. The molecule has 6 nitrogen and oxygen atoms in total. The third-order valence-electron chi connectivity index (χ3n) is 6.26. The number of anilines is 1. The molecular weight excluding hydrogens is 489 g/mol. The Morgan fingerprint density at radius 3 is 2.51 bits per heavy atom. The number of carbonyl (C=O) groups is 3. The van der Waals surface area contributed by atoms with E-state index in [2.05, 4.69) is 5.32 Å². The molecule has 2 heterocycles. The number of para-hydroxylation sites is 1. The largest absolute Gasteiger partial charge is 0.343 e. The number of nitrogens with one attached hydrogen (secondary N) is 1. The fourth-order valence-electron chi connectivity index (χ4n) is 4.40. The number of amides is 3. The van der Waals surface area contributed by atoms with E-state index in [1.807, 2.05) is 73.1 Å². The van der Waals surface area contributed by atoms with Gasteiger partial charge in [0.05, 0.1) is 4.91 Å². The number of hydrogen-bond donors (Lipinski definition) is 1.